The van der Waals surface area contributed by atoms with Gasteiger partial charge in [0.2, 0.25) is 0 Å². The van der Waals surface area contributed by atoms with Crippen molar-refractivity contribution in [3.63, 3.8) is 0 Å². The number of rotatable bonds is 2. The van der Waals surface area contributed by atoms with Crippen LogP contribution in [0.2, 0.25) is 10.0 Å². The lowest BCUT2D eigenvalue weighted by atomic mass is 10.1. The number of carbonyl (C=O) groups is 1. The Bertz CT molecular complexity index is 723. The van der Waals surface area contributed by atoms with Gasteiger partial charge in [-0.25, -0.2) is 5.01 Å². The largest absolute Gasteiger partial charge is 0.275 e. The maximum absolute atomic E-state index is 12.1. The normalized spacial score (nSPS) is 14.8. The van der Waals surface area contributed by atoms with E-state index in [1.807, 2.05) is 13.2 Å². The minimum Gasteiger partial charge on any atom is -0.275 e. The summed E-state index contributed by atoms with van der Waals surface area (Å²) in [5, 5.41) is 10.6. The maximum atomic E-state index is 12.1. The topological polar surface area (TPSA) is 50.5 Å². The highest BCUT2D eigenvalue weighted by Crippen LogP contribution is 2.29. The van der Waals surface area contributed by atoms with Crippen LogP contribution in [0, 0.1) is 0 Å². The van der Waals surface area contributed by atoms with Crippen LogP contribution in [0.5, 0.6) is 0 Å². The van der Waals surface area contributed by atoms with Gasteiger partial charge in [0, 0.05) is 18.8 Å². The number of amides is 1. The minimum absolute atomic E-state index is 0.109. The van der Waals surface area contributed by atoms with Crippen molar-refractivity contribution in [1.29, 1.82) is 0 Å². The number of anilines is 1. The molecule has 0 aliphatic carbocycles. The molecule has 0 unspecified atom stereocenters. The minimum atomic E-state index is -0.109. The number of halogens is 2. The van der Waals surface area contributed by atoms with E-state index in [4.69, 9.17) is 23.2 Å². The summed E-state index contributed by atoms with van der Waals surface area (Å²) in [7, 11) is 1.82. The van der Waals surface area contributed by atoms with Crippen molar-refractivity contribution >= 4 is 40.5 Å². The second-order valence-electron chi connectivity index (χ2n) is 4.43. The van der Waals surface area contributed by atoms with Gasteiger partial charge < -0.3 is 0 Å². The zero-order valence-electron chi connectivity index (χ0n) is 10.5. The van der Waals surface area contributed by atoms with Crippen LogP contribution in [-0.4, -0.2) is 21.4 Å². The lowest BCUT2D eigenvalue weighted by Crippen LogP contribution is -2.19. The van der Waals surface area contributed by atoms with Crippen molar-refractivity contribution in [3.05, 3.63) is 46.2 Å². The van der Waals surface area contributed by atoms with E-state index in [1.165, 1.54) is 5.01 Å². The van der Waals surface area contributed by atoms with Crippen molar-refractivity contribution in [3.8, 4) is 0 Å². The van der Waals surface area contributed by atoms with E-state index >= 15 is 0 Å². The highest BCUT2D eigenvalue weighted by atomic mass is 35.5. The number of hydrazone groups is 1. The molecule has 1 aromatic carbocycles. The zero-order chi connectivity index (χ0) is 14.3. The molecule has 1 aromatic heterocycles. The molecule has 7 heteroatoms. The zero-order valence-corrected chi connectivity index (χ0v) is 12.1. The predicted octanol–water partition coefficient (Wildman–Crippen LogP) is 2.87. The van der Waals surface area contributed by atoms with Gasteiger partial charge in [-0.15, -0.1) is 0 Å². The number of benzene rings is 1. The lowest BCUT2D eigenvalue weighted by Gasteiger charge is -2.12. The summed E-state index contributed by atoms with van der Waals surface area (Å²) in [6.07, 6.45) is 3.75. The first-order chi connectivity index (χ1) is 9.54. The monoisotopic (exact) mass is 308 g/mol. The van der Waals surface area contributed by atoms with E-state index in [2.05, 4.69) is 10.2 Å². The summed E-state index contributed by atoms with van der Waals surface area (Å²) in [5.74, 6) is -0.109. The summed E-state index contributed by atoms with van der Waals surface area (Å²) in [6.45, 7) is 0. The molecule has 5 nitrogen and oxygen atoms in total. The van der Waals surface area contributed by atoms with Crippen LogP contribution in [0.3, 0.4) is 0 Å². The van der Waals surface area contributed by atoms with Crippen molar-refractivity contribution in [2.24, 2.45) is 12.1 Å². The average molecular weight is 309 g/mol. The van der Waals surface area contributed by atoms with E-state index in [0.29, 0.717) is 21.4 Å². The lowest BCUT2D eigenvalue weighted by molar-refractivity contribution is -0.116. The molecule has 20 heavy (non-hydrogen) atoms. The summed E-state index contributed by atoms with van der Waals surface area (Å²) in [6, 6.07) is 4.98. The second-order valence-corrected chi connectivity index (χ2v) is 5.24. The average Bonchev–Trinajstić information content (AvgIpc) is 2.99. The van der Waals surface area contributed by atoms with E-state index in [-0.39, 0.29) is 12.3 Å². The quantitative estimate of drug-likeness (QED) is 0.856. The molecule has 3 rings (SSSR count). The van der Waals surface area contributed by atoms with Gasteiger partial charge in [0.25, 0.3) is 5.91 Å². The van der Waals surface area contributed by atoms with Gasteiger partial charge >= 0.3 is 0 Å². The van der Waals surface area contributed by atoms with Gasteiger partial charge in [-0.3, -0.25) is 9.48 Å². The molecule has 0 fully saturated rings. The highest BCUT2D eigenvalue weighted by molar-refractivity contribution is 6.42. The molecule has 0 spiro atoms. The molecule has 0 radical (unpaired) electrons. The summed E-state index contributed by atoms with van der Waals surface area (Å²) in [4.78, 5) is 12.1. The summed E-state index contributed by atoms with van der Waals surface area (Å²) >= 11 is 11.8. The highest BCUT2D eigenvalue weighted by Gasteiger charge is 2.27. The number of hydrogen-bond acceptors (Lipinski definition) is 3. The van der Waals surface area contributed by atoms with Crippen molar-refractivity contribution < 1.29 is 4.79 Å². The Morgan fingerprint density at radius 2 is 2.05 bits per heavy atom. The smallest absolute Gasteiger partial charge is 0.253 e. The van der Waals surface area contributed by atoms with Crippen LogP contribution < -0.4 is 5.01 Å². The van der Waals surface area contributed by atoms with E-state index in [9.17, 15) is 4.79 Å². The fourth-order valence-corrected chi connectivity index (χ4v) is 2.27. The van der Waals surface area contributed by atoms with E-state index in [0.717, 1.165) is 5.56 Å². The molecule has 0 atom stereocenters. The van der Waals surface area contributed by atoms with Gasteiger partial charge in [0.1, 0.15) is 0 Å². The molecule has 102 valence electrons. The third-order valence-electron chi connectivity index (χ3n) is 2.96. The SMILES string of the molecule is Cn1cc(C2=NN(c3ccc(Cl)c(Cl)c3)C(=O)C2)cn1. The van der Waals surface area contributed by atoms with Crippen molar-refractivity contribution in [2.45, 2.75) is 6.42 Å². The molecule has 1 amide bonds. The fourth-order valence-electron chi connectivity index (χ4n) is 1.98. The van der Waals surface area contributed by atoms with E-state index in [1.54, 1.807) is 29.1 Å². The Morgan fingerprint density at radius 3 is 2.70 bits per heavy atom. The van der Waals surface area contributed by atoms with Crippen LogP contribution >= 0.6 is 23.2 Å². The standard InChI is InChI=1S/C13H10Cl2N4O/c1-18-7-8(6-16-18)12-5-13(20)19(17-12)9-2-3-10(14)11(15)4-9/h2-4,6-7H,5H2,1H3. The Morgan fingerprint density at radius 1 is 1.25 bits per heavy atom. The van der Waals surface area contributed by atoms with Gasteiger partial charge in [-0.1, -0.05) is 23.2 Å². The number of aryl methyl sites for hydroxylation is 1. The van der Waals surface area contributed by atoms with Crippen LogP contribution in [0.15, 0.2) is 35.7 Å². The number of nitrogens with zero attached hydrogens (tertiary/aromatic N) is 4. The van der Waals surface area contributed by atoms with Crippen LogP contribution in [-0.2, 0) is 11.8 Å². The summed E-state index contributed by atoms with van der Waals surface area (Å²) in [5.41, 5.74) is 2.13. The van der Waals surface area contributed by atoms with Gasteiger partial charge in [-0.2, -0.15) is 10.2 Å². The van der Waals surface area contributed by atoms with Crippen molar-refractivity contribution in [1.82, 2.24) is 9.78 Å². The Balaban J connectivity index is 1.95. The number of carbonyl (C=O) groups excluding carboxylic acids is 1. The first-order valence-corrected chi connectivity index (χ1v) is 6.64. The first kappa shape index (κ1) is 13.1. The molecule has 0 saturated carbocycles. The van der Waals surface area contributed by atoms with Gasteiger partial charge in [-0.05, 0) is 18.2 Å². The predicted molar refractivity (Wildman–Crippen MR) is 78.3 cm³/mol. The Kier molecular flexibility index (Phi) is 3.23. The maximum Gasteiger partial charge on any atom is 0.253 e. The molecular formula is C13H10Cl2N4O. The van der Waals surface area contributed by atoms with Gasteiger partial charge in [0.05, 0.1) is 34.1 Å². The van der Waals surface area contributed by atoms with Crippen molar-refractivity contribution in [2.75, 3.05) is 5.01 Å². The van der Waals surface area contributed by atoms with Crippen LogP contribution in [0.4, 0.5) is 5.69 Å². The fraction of sp³-hybridized carbons (Fsp3) is 0.154. The molecule has 0 N–H and O–H groups in total. The Hall–Kier alpha value is -1.85. The number of aromatic nitrogens is 2. The summed E-state index contributed by atoms with van der Waals surface area (Å²) < 4.78 is 1.67. The molecular weight excluding hydrogens is 299 g/mol. The molecule has 0 saturated heterocycles. The number of hydrogen-bond donors (Lipinski definition) is 0. The van der Waals surface area contributed by atoms with Gasteiger partial charge in [0.15, 0.2) is 0 Å². The molecule has 1 aliphatic rings. The van der Waals surface area contributed by atoms with Crippen LogP contribution in [0.1, 0.15) is 12.0 Å². The molecule has 2 heterocycles. The first-order valence-electron chi connectivity index (χ1n) is 5.89. The van der Waals surface area contributed by atoms with E-state index < -0.39 is 0 Å². The van der Waals surface area contributed by atoms with Crippen LogP contribution in [0.25, 0.3) is 0 Å². The Labute approximate surface area is 125 Å². The third kappa shape index (κ3) is 2.30. The molecule has 2 aromatic rings. The second kappa shape index (κ2) is 4.92. The molecule has 1 aliphatic heterocycles. The third-order valence-corrected chi connectivity index (χ3v) is 3.70. The molecule has 0 bridgehead atoms.